The predicted octanol–water partition coefficient (Wildman–Crippen LogP) is 3.25. The Morgan fingerprint density at radius 1 is 1.28 bits per heavy atom. The Kier molecular flexibility index (Phi) is 5.45. The van der Waals surface area contributed by atoms with Gasteiger partial charge >= 0.3 is 0 Å². The van der Waals surface area contributed by atoms with E-state index in [0.717, 1.165) is 12.1 Å². The van der Waals surface area contributed by atoms with Crippen LogP contribution in [-0.4, -0.2) is 22.6 Å². The van der Waals surface area contributed by atoms with Crippen LogP contribution in [0, 0.1) is 12.7 Å². The molecule has 0 aliphatic rings. The zero-order valence-corrected chi connectivity index (χ0v) is 15.0. The van der Waals surface area contributed by atoms with Gasteiger partial charge in [0.2, 0.25) is 0 Å². The van der Waals surface area contributed by atoms with Gasteiger partial charge in [-0.15, -0.1) is 11.3 Å². The molecule has 0 atom stereocenters. The van der Waals surface area contributed by atoms with Crippen molar-refractivity contribution in [2.75, 3.05) is 7.05 Å². The SMILES string of the molecule is CN=C(NCc1ccc(-n2ccnc2)c(F)c1)NCc1sccc1C. The van der Waals surface area contributed by atoms with Crippen molar-refractivity contribution in [2.24, 2.45) is 4.99 Å². The first kappa shape index (κ1) is 17.2. The molecule has 3 rings (SSSR count). The van der Waals surface area contributed by atoms with Gasteiger partial charge in [-0.1, -0.05) is 6.07 Å². The molecule has 1 aromatic carbocycles. The molecule has 25 heavy (non-hydrogen) atoms. The van der Waals surface area contributed by atoms with Crippen LogP contribution in [0.3, 0.4) is 0 Å². The van der Waals surface area contributed by atoms with Crippen molar-refractivity contribution in [1.82, 2.24) is 20.2 Å². The van der Waals surface area contributed by atoms with Crippen molar-refractivity contribution in [2.45, 2.75) is 20.0 Å². The van der Waals surface area contributed by atoms with Crippen LogP contribution < -0.4 is 10.6 Å². The Morgan fingerprint density at radius 3 is 2.76 bits per heavy atom. The fourth-order valence-corrected chi connectivity index (χ4v) is 3.27. The summed E-state index contributed by atoms with van der Waals surface area (Å²) in [7, 11) is 1.72. The smallest absolute Gasteiger partial charge is 0.191 e. The number of hydrogen-bond donors (Lipinski definition) is 2. The fraction of sp³-hybridized carbons (Fsp3) is 0.222. The second-order valence-corrected chi connectivity index (χ2v) is 6.56. The number of hydrogen-bond acceptors (Lipinski definition) is 3. The van der Waals surface area contributed by atoms with Crippen LogP contribution in [0.15, 0.2) is 53.4 Å². The summed E-state index contributed by atoms with van der Waals surface area (Å²) in [5, 5.41) is 8.56. The van der Waals surface area contributed by atoms with Crippen molar-refractivity contribution in [3.8, 4) is 5.69 Å². The normalized spacial score (nSPS) is 11.6. The van der Waals surface area contributed by atoms with Crippen LogP contribution in [0.2, 0.25) is 0 Å². The number of benzene rings is 1. The molecule has 0 radical (unpaired) electrons. The third-order valence-electron chi connectivity index (χ3n) is 3.86. The minimum absolute atomic E-state index is 0.283. The Morgan fingerprint density at radius 2 is 2.12 bits per heavy atom. The first-order chi connectivity index (χ1) is 12.2. The van der Waals surface area contributed by atoms with E-state index in [1.807, 2.05) is 6.07 Å². The van der Waals surface area contributed by atoms with Crippen LogP contribution in [0.4, 0.5) is 4.39 Å². The topological polar surface area (TPSA) is 54.2 Å². The highest BCUT2D eigenvalue weighted by Gasteiger charge is 2.07. The van der Waals surface area contributed by atoms with Gasteiger partial charge in [0.25, 0.3) is 0 Å². The first-order valence-corrected chi connectivity index (χ1v) is 8.79. The van der Waals surface area contributed by atoms with E-state index in [9.17, 15) is 4.39 Å². The summed E-state index contributed by atoms with van der Waals surface area (Å²) in [4.78, 5) is 9.42. The molecule has 0 aliphatic heterocycles. The number of aliphatic imine (C=N–C) groups is 1. The van der Waals surface area contributed by atoms with Crippen LogP contribution in [0.1, 0.15) is 16.0 Å². The number of nitrogens with zero attached hydrogens (tertiary/aromatic N) is 3. The summed E-state index contributed by atoms with van der Waals surface area (Å²) >= 11 is 1.72. The van der Waals surface area contributed by atoms with E-state index >= 15 is 0 Å². The molecule has 0 saturated heterocycles. The number of guanidine groups is 1. The molecule has 0 bridgehead atoms. The van der Waals surface area contributed by atoms with Gasteiger partial charge in [0, 0.05) is 30.9 Å². The average Bonchev–Trinajstić information content (AvgIpc) is 3.27. The van der Waals surface area contributed by atoms with Crippen LogP contribution in [0.5, 0.6) is 0 Å². The zero-order chi connectivity index (χ0) is 17.6. The minimum atomic E-state index is -0.283. The molecule has 130 valence electrons. The van der Waals surface area contributed by atoms with Gasteiger partial charge in [-0.3, -0.25) is 4.99 Å². The molecule has 3 aromatic rings. The minimum Gasteiger partial charge on any atom is -0.352 e. The molecule has 0 aliphatic carbocycles. The number of halogens is 1. The summed E-state index contributed by atoms with van der Waals surface area (Å²) in [6.07, 6.45) is 4.92. The first-order valence-electron chi connectivity index (χ1n) is 7.91. The number of nitrogens with one attached hydrogen (secondary N) is 2. The summed E-state index contributed by atoms with van der Waals surface area (Å²) < 4.78 is 15.9. The lowest BCUT2D eigenvalue weighted by Crippen LogP contribution is -2.36. The maximum absolute atomic E-state index is 14.3. The van der Waals surface area contributed by atoms with Crippen LogP contribution in [0.25, 0.3) is 5.69 Å². The molecule has 0 amide bonds. The molecular formula is C18H20FN5S. The van der Waals surface area contributed by atoms with Gasteiger partial charge in [0.1, 0.15) is 5.82 Å². The number of thiophene rings is 1. The van der Waals surface area contributed by atoms with Gasteiger partial charge in [-0.25, -0.2) is 9.37 Å². The average molecular weight is 357 g/mol. The largest absolute Gasteiger partial charge is 0.352 e. The molecule has 2 N–H and O–H groups in total. The fourth-order valence-electron chi connectivity index (χ4n) is 2.43. The quantitative estimate of drug-likeness (QED) is 0.544. The van der Waals surface area contributed by atoms with Gasteiger partial charge in [0.05, 0.1) is 18.6 Å². The van der Waals surface area contributed by atoms with Crippen LogP contribution in [-0.2, 0) is 13.1 Å². The highest BCUT2D eigenvalue weighted by atomic mass is 32.1. The summed E-state index contributed by atoms with van der Waals surface area (Å²) in [5.74, 6) is 0.404. The molecule has 0 unspecified atom stereocenters. The highest BCUT2D eigenvalue weighted by molar-refractivity contribution is 7.10. The molecule has 2 aromatic heterocycles. The Hall–Kier alpha value is -2.67. The van der Waals surface area contributed by atoms with Crippen molar-refractivity contribution in [1.29, 1.82) is 0 Å². The van der Waals surface area contributed by atoms with E-state index in [0.29, 0.717) is 18.2 Å². The second-order valence-electron chi connectivity index (χ2n) is 5.56. The molecule has 2 heterocycles. The predicted molar refractivity (Wildman–Crippen MR) is 99.6 cm³/mol. The van der Waals surface area contributed by atoms with Crippen molar-refractivity contribution in [3.05, 3.63) is 70.2 Å². The van der Waals surface area contributed by atoms with E-state index in [1.54, 1.807) is 47.7 Å². The molecule has 7 heteroatoms. The van der Waals surface area contributed by atoms with Gasteiger partial charge in [0.15, 0.2) is 5.96 Å². The standard InChI is InChI=1S/C18H20FN5S/c1-13-5-8-25-17(13)11-23-18(20-2)22-10-14-3-4-16(15(19)9-14)24-7-6-21-12-24/h3-9,12H,10-11H2,1-2H3,(H2,20,22,23). The Bertz CT molecular complexity index is 854. The number of imidazole rings is 1. The summed E-state index contributed by atoms with van der Waals surface area (Å²) in [5.41, 5.74) is 2.60. The van der Waals surface area contributed by atoms with Crippen LogP contribution >= 0.6 is 11.3 Å². The van der Waals surface area contributed by atoms with Gasteiger partial charge in [-0.05, 0) is 41.6 Å². The maximum atomic E-state index is 14.3. The van der Waals surface area contributed by atoms with Gasteiger partial charge < -0.3 is 15.2 Å². The highest BCUT2D eigenvalue weighted by Crippen LogP contribution is 2.16. The molecule has 0 spiro atoms. The lowest BCUT2D eigenvalue weighted by molar-refractivity contribution is 0.615. The zero-order valence-electron chi connectivity index (χ0n) is 14.2. The van der Waals surface area contributed by atoms with Gasteiger partial charge in [-0.2, -0.15) is 0 Å². The molecule has 5 nitrogen and oxygen atoms in total. The second kappa shape index (κ2) is 7.94. The molecule has 0 saturated carbocycles. The summed E-state index contributed by atoms with van der Waals surface area (Å²) in [6, 6.07) is 7.27. The van der Waals surface area contributed by atoms with Crippen molar-refractivity contribution in [3.63, 3.8) is 0 Å². The van der Waals surface area contributed by atoms with E-state index in [-0.39, 0.29) is 5.82 Å². The monoisotopic (exact) mass is 357 g/mol. The van der Waals surface area contributed by atoms with E-state index in [4.69, 9.17) is 0 Å². The van der Waals surface area contributed by atoms with Crippen molar-refractivity contribution >= 4 is 17.3 Å². The van der Waals surface area contributed by atoms with Crippen molar-refractivity contribution < 1.29 is 4.39 Å². The Balaban J connectivity index is 1.58. The number of aryl methyl sites for hydroxylation is 1. The number of aromatic nitrogens is 2. The molecular weight excluding hydrogens is 337 g/mol. The van der Waals surface area contributed by atoms with E-state index in [1.165, 1.54) is 16.5 Å². The Labute approximate surface area is 150 Å². The lowest BCUT2D eigenvalue weighted by Gasteiger charge is -2.12. The summed E-state index contributed by atoms with van der Waals surface area (Å²) in [6.45, 7) is 3.30. The third-order valence-corrected chi connectivity index (χ3v) is 4.89. The third kappa shape index (κ3) is 4.24. The van der Waals surface area contributed by atoms with E-state index in [2.05, 4.69) is 39.0 Å². The lowest BCUT2D eigenvalue weighted by atomic mass is 10.2. The van der Waals surface area contributed by atoms with E-state index < -0.39 is 0 Å². The maximum Gasteiger partial charge on any atom is 0.191 e. The number of rotatable bonds is 5. The molecule has 0 fully saturated rings.